The maximum Gasteiger partial charge on any atom is 0.248 e. The molecule has 48 heavy (non-hydrogen) atoms. The van der Waals surface area contributed by atoms with Gasteiger partial charge in [0.1, 0.15) is 30.5 Å². The minimum absolute atomic E-state index is 0.0224. The number of piperidine rings is 3. The van der Waals surface area contributed by atoms with Crippen LogP contribution in [0.3, 0.4) is 0 Å². The van der Waals surface area contributed by atoms with Crippen LogP contribution in [-0.4, -0.2) is 103 Å². The Morgan fingerprint density at radius 3 is 2.46 bits per heavy atom. The Morgan fingerprint density at radius 1 is 0.938 bits per heavy atom. The molecule has 5 N–H and O–H groups in total. The molecule has 10 heteroatoms. The Hall–Kier alpha value is -2.83. The van der Waals surface area contributed by atoms with Crippen LogP contribution in [0.5, 0.6) is 5.75 Å². The van der Waals surface area contributed by atoms with Crippen LogP contribution >= 0.6 is 0 Å². The molecule has 3 aliphatic heterocycles. The molecule has 4 fully saturated rings. The molecular formula is C38H54N3O7+. The number of fused-ring (bicyclic) bond motifs is 4. The molecule has 0 amide bonds. The van der Waals surface area contributed by atoms with Crippen LogP contribution in [0.15, 0.2) is 59.4 Å². The monoisotopic (exact) mass is 664 g/mol. The lowest BCUT2D eigenvalue weighted by Crippen LogP contribution is -2.65. The quantitative estimate of drug-likeness (QED) is 0.102. The van der Waals surface area contributed by atoms with Gasteiger partial charge in [-0.15, -0.1) is 0 Å². The fourth-order valence-electron chi connectivity index (χ4n) is 8.29. The van der Waals surface area contributed by atoms with Gasteiger partial charge >= 0.3 is 0 Å². The number of ether oxygens (including phenoxy) is 3. The summed E-state index contributed by atoms with van der Waals surface area (Å²) in [5.74, 6) is 0.827. The summed E-state index contributed by atoms with van der Waals surface area (Å²) < 4.78 is 19.5. The summed E-state index contributed by atoms with van der Waals surface area (Å²) >= 11 is 0. The lowest BCUT2D eigenvalue weighted by atomic mass is 9.80. The summed E-state index contributed by atoms with van der Waals surface area (Å²) in [6.07, 6.45) is 7.11. The number of phenolic OH excluding ortho intramolecular Hbond substituents is 1. The third-order valence-electron chi connectivity index (χ3n) is 11.2. The van der Waals surface area contributed by atoms with E-state index in [0.29, 0.717) is 61.9 Å². The van der Waals surface area contributed by atoms with E-state index in [1.165, 1.54) is 50.9 Å². The van der Waals surface area contributed by atoms with Gasteiger partial charge in [-0.3, -0.25) is 4.79 Å². The number of aromatic amines is 1. The Labute approximate surface area is 283 Å². The second kappa shape index (κ2) is 16.3. The first-order valence-electron chi connectivity index (χ1n) is 18.0. The number of H-pyrrole nitrogens is 1. The van der Waals surface area contributed by atoms with Crippen LogP contribution in [0.1, 0.15) is 62.2 Å². The molecule has 2 aromatic carbocycles. The van der Waals surface area contributed by atoms with Crippen molar-refractivity contribution in [2.24, 2.45) is 11.8 Å². The minimum Gasteiger partial charge on any atom is -0.506 e. The Kier molecular flexibility index (Phi) is 11.9. The predicted octanol–water partition coefficient (Wildman–Crippen LogP) is 3.98. The molecular weight excluding hydrogens is 610 g/mol. The average Bonchev–Trinajstić information content (AvgIpc) is 3.67. The Bertz CT molecular complexity index is 1500. The first-order chi connectivity index (χ1) is 23.4. The summed E-state index contributed by atoms with van der Waals surface area (Å²) in [7, 11) is 0. The van der Waals surface area contributed by atoms with Crippen molar-refractivity contribution in [3.05, 3.63) is 76.1 Å². The van der Waals surface area contributed by atoms with Gasteiger partial charge in [0.2, 0.25) is 5.56 Å². The van der Waals surface area contributed by atoms with Crippen molar-refractivity contribution in [1.29, 1.82) is 0 Å². The van der Waals surface area contributed by atoms with E-state index >= 15 is 0 Å². The van der Waals surface area contributed by atoms with Gasteiger partial charge in [-0.05, 0) is 48.4 Å². The highest BCUT2D eigenvalue weighted by atomic mass is 16.5. The number of hydrogen-bond acceptors (Lipinski definition) is 8. The predicted molar refractivity (Wildman–Crippen MR) is 185 cm³/mol. The molecule has 10 nitrogen and oxygen atoms in total. The molecule has 0 unspecified atom stereocenters. The largest absolute Gasteiger partial charge is 0.506 e. The number of nitrogens with one attached hydrogen (secondary N) is 2. The van der Waals surface area contributed by atoms with Crippen molar-refractivity contribution in [2.45, 2.75) is 62.8 Å². The third kappa shape index (κ3) is 8.30. The van der Waals surface area contributed by atoms with Crippen molar-refractivity contribution in [3.8, 4) is 5.75 Å². The number of aromatic nitrogens is 1. The zero-order chi connectivity index (χ0) is 33.4. The molecule has 3 aromatic rings. The number of hydrogen-bond donors (Lipinski definition) is 5. The van der Waals surface area contributed by atoms with E-state index in [-0.39, 0.29) is 23.3 Å². The number of benzene rings is 2. The number of rotatable bonds is 18. The number of quaternary nitrogens is 1. The third-order valence-corrected chi connectivity index (χ3v) is 11.2. The van der Waals surface area contributed by atoms with Gasteiger partial charge in [0.05, 0.1) is 44.5 Å². The van der Waals surface area contributed by atoms with Gasteiger partial charge in [0, 0.05) is 56.5 Å². The van der Waals surface area contributed by atoms with Gasteiger partial charge in [0.25, 0.3) is 0 Å². The zero-order valence-electron chi connectivity index (χ0n) is 28.2. The average molecular weight is 665 g/mol. The van der Waals surface area contributed by atoms with Crippen LogP contribution in [0, 0.1) is 11.8 Å². The van der Waals surface area contributed by atoms with E-state index in [9.17, 15) is 20.1 Å². The SMILES string of the molecule is O=c1ccc2c([C@@H](O)CNCCOCCCOCC[N+]34CCC(CC3)[C@@H](OC[C@@](O)(c3ccccc3)C3CCCC3)C4)ccc(O)c2[nH]1. The van der Waals surface area contributed by atoms with Gasteiger partial charge in [-0.1, -0.05) is 49.2 Å². The normalized spacial score (nSPS) is 24.6. The number of pyridine rings is 1. The summed E-state index contributed by atoms with van der Waals surface area (Å²) in [5, 5.41) is 36.5. The molecule has 1 saturated carbocycles. The maximum atomic E-state index is 12.0. The van der Waals surface area contributed by atoms with Crippen molar-refractivity contribution in [2.75, 3.05) is 72.3 Å². The molecule has 1 aromatic heterocycles. The van der Waals surface area contributed by atoms with Crippen LogP contribution in [0.2, 0.25) is 0 Å². The van der Waals surface area contributed by atoms with E-state index in [2.05, 4.69) is 22.4 Å². The highest BCUT2D eigenvalue weighted by molar-refractivity contribution is 5.87. The summed E-state index contributed by atoms with van der Waals surface area (Å²) in [6.45, 7) is 8.22. The number of aromatic hydroxyl groups is 1. The molecule has 3 atom stereocenters. The second-order valence-electron chi connectivity index (χ2n) is 14.2. The fraction of sp³-hybridized carbons (Fsp3) is 0.605. The molecule has 4 aliphatic rings. The summed E-state index contributed by atoms with van der Waals surface area (Å²) in [6, 6.07) is 16.3. The van der Waals surface area contributed by atoms with Crippen molar-refractivity contribution in [1.82, 2.24) is 10.3 Å². The number of nitrogens with zero attached hydrogens (tertiary/aromatic N) is 1. The van der Waals surface area contributed by atoms with Crippen LogP contribution in [-0.2, 0) is 19.8 Å². The lowest BCUT2D eigenvalue weighted by molar-refractivity contribution is -0.946. The van der Waals surface area contributed by atoms with E-state index in [1.807, 2.05) is 18.2 Å². The van der Waals surface area contributed by atoms with E-state index in [4.69, 9.17) is 14.2 Å². The standard InChI is InChI=1S/C38H53N3O7/c42-33-13-11-31(32-12-14-36(44)40-37(32)33)34(43)25-39-17-23-46-21-6-22-47-24-20-41-18-15-28(16-19-41)35(26-41)48-27-38(45,30-9-4-5-10-30)29-7-2-1-3-8-29/h1-3,7-8,11-14,28,30,34-35,39,43,45H,4-6,9-10,15-27H2,(H-,40,42,44)/p+1/t28?,34-,35-,38+,41?/m0/s1. The van der Waals surface area contributed by atoms with Crippen LogP contribution < -0.4 is 10.9 Å². The Morgan fingerprint density at radius 2 is 1.69 bits per heavy atom. The zero-order valence-corrected chi connectivity index (χ0v) is 28.2. The molecule has 262 valence electrons. The highest BCUT2D eigenvalue weighted by Gasteiger charge is 2.48. The van der Waals surface area contributed by atoms with Crippen LogP contribution in [0.25, 0.3) is 10.9 Å². The molecule has 2 bridgehead atoms. The van der Waals surface area contributed by atoms with Crippen molar-refractivity contribution >= 4 is 10.9 Å². The summed E-state index contributed by atoms with van der Waals surface area (Å²) in [4.78, 5) is 14.3. The maximum absolute atomic E-state index is 12.0. The minimum atomic E-state index is -0.913. The Balaban J connectivity index is 0.853. The number of aliphatic hydroxyl groups is 2. The second-order valence-corrected chi connectivity index (χ2v) is 14.2. The fourth-order valence-corrected chi connectivity index (χ4v) is 8.29. The number of phenols is 1. The van der Waals surface area contributed by atoms with Crippen molar-refractivity contribution < 1.29 is 34.0 Å². The molecule has 7 rings (SSSR count). The lowest BCUT2D eigenvalue weighted by Gasteiger charge is -2.52. The topological polar surface area (TPSA) is 133 Å². The first-order valence-corrected chi connectivity index (χ1v) is 18.0. The van der Waals surface area contributed by atoms with Crippen LogP contribution in [0.4, 0.5) is 0 Å². The smallest absolute Gasteiger partial charge is 0.248 e. The molecule has 4 heterocycles. The van der Waals surface area contributed by atoms with E-state index in [0.717, 1.165) is 49.0 Å². The van der Waals surface area contributed by atoms with E-state index in [1.54, 1.807) is 12.1 Å². The van der Waals surface area contributed by atoms with Gasteiger partial charge < -0.3 is 44.3 Å². The van der Waals surface area contributed by atoms with Gasteiger partial charge in [-0.2, -0.15) is 0 Å². The van der Waals surface area contributed by atoms with Gasteiger partial charge in [0.15, 0.2) is 0 Å². The van der Waals surface area contributed by atoms with Crippen molar-refractivity contribution in [3.63, 3.8) is 0 Å². The molecule has 0 spiro atoms. The van der Waals surface area contributed by atoms with E-state index < -0.39 is 11.7 Å². The highest BCUT2D eigenvalue weighted by Crippen LogP contribution is 2.42. The number of aliphatic hydroxyl groups excluding tert-OH is 1. The molecule has 3 saturated heterocycles. The molecule has 1 aliphatic carbocycles. The van der Waals surface area contributed by atoms with Gasteiger partial charge in [-0.25, -0.2) is 0 Å². The summed E-state index contributed by atoms with van der Waals surface area (Å²) in [5.41, 5.74) is 0.748. The first kappa shape index (κ1) is 35.0. The molecule has 0 radical (unpaired) electrons.